The topological polar surface area (TPSA) is 105 Å². The Labute approximate surface area is 197 Å². The fourth-order valence-electron chi connectivity index (χ4n) is 2.92. The van der Waals surface area contributed by atoms with Gasteiger partial charge >= 0.3 is 23.9 Å². The quantitative estimate of drug-likeness (QED) is 0.409. The van der Waals surface area contributed by atoms with Gasteiger partial charge in [-0.2, -0.15) is 0 Å². The number of hydrogen-bond donors (Lipinski definition) is 0. The van der Waals surface area contributed by atoms with Crippen LogP contribution in [0.15, 0.2) is 72.8 Å². The summed E-state index contributed by atoms with van der Waals surface area (Å²) in [5, 5.41) is 0. The molecule has 0 N–H and O–H groups in total. The summed E-state index contributed by atoms with van der Waals surface area (Å²) in [4.78, 5) is 47.9. The SMILES string of the molecule is COC(=O)c1cc(C(=O)OC)cc(-c2cc(C(=O)OC)cc(C(=O)OC)c2)c1.c1ccccc1. The molecule has 0 aliphatic heterocycles. The lowest BCUT2D eigenvalue weighted by Gasteiger charge is -2.11. The Morgan fingerprint density at radius 1 is 0.412 bits per heavy atom. The van der Waals surface area contributed by atoms with Crippen molar-refractivity contribution in [1.29, 1.82) is 0 Å². The molecule has 0 bridgehead atoms. The molecule has 3 aromatic carbocycles. The number of methoxy groups -OCH3 is 4. The number of carbonyl (C=O) groups excluding carboxylic acids is 4. The largest absolute Gasteiger partial charge is 0.465 e. The van der Waals surface area contributed by atoms with Crippen molar-refractivity contribution < 1.29 is 38.1 Å². The molecule has 0 radical (unpaired) electrons. The van der Waals surface area contributed by atoms with E-state index in [9.17, 15) is 19.2 Å². The van der Waals surface area contributed by atoms with E-state index >= 15 is 0 Å². The molecule has 0 aromatic heterocycles. The molecule has 0 aliphatic carbocycles. The number of benzene rings is 3. The van der Waals surface area contributed by atoms with Crippen molar-refractivity contribution in [2.45, 2.75) is 0 Å². The maximum absolute atomic E-state index is 12.0. The first kappa shape index (κ1) is 25.8. The van der Waals surface area contributed by atoms with E-state index in [-0.39, 0.29) is 22.3 Å². The standard InChI is InChI=1S/C20H18O8.C6H6/c1-25-17(21)13-5-11(6-14(9-13)18(22)26-2)12-7-15(19(23)27-3)10-16(8-12)20(24)28-4;1-2-4-6-5-3-1/h5-10H,1-4H3;1-6H. The van der Waals surface area contributed by atoms with Gasteiger partial charge in [-0.05, 0) is 47.5 Å². The van der Waals surface area contributed by atoms with E-state index in [0.29, 0.717) is 11.1 Å². The molecule has 8 nitrogen and oxygen atoms in total. The van der Waals surface area contributed by atoms with Crippen molar-refractivity contribution >= 4 is 23.9 Å². The van der Waals surface area contributed by atoms with Crippen molar-refractivity contribution in [2.24, 2.45) is 0 Å². The van der Waals surface area contributed by atoms with Gasteiger partial charge in [-0.25, -0.2) is 19.2 Å². The zero-order chi connectivity index (χ0) is 25.1. The first-order chi connectivity index (χ1) is 16.3. The molecule has 0 aliphatic rings. The smallest absolute Gasteiger partial charge is 0.337 e. The Hall–Kier alpha value is -4.46. The summed E-state index contributed by atoms with van der Waals surface area (Å²) in [6.07, 6.45) is 0. The van der Waals surface area contributed by atoms with Gasteiger partial charge in [0.05, 0.1) is 50.7 Å². The molecule has 0 fully saturated rings. The van der Waals surface area contributed by atoms with Gasteiger partial charge in [0, 0.05) is 0 Å². The second kappa shape index (κ2) is 12.5. The molecule has 0 saturated carbocycles. The molecule has 0 amide bonds. The van der Waals surface area contributed by atoms with Crippen molar-refractivity contribution in [3.8, 4) is 11.1 Å². The van der Waals surface area contributed by atoms with E-state index < -0.39 is 23.9 Å². The molecule has 34 heavy (non-hydrogen) atoms. The van der Waals surface area contributed by atoms with E-state index in [1.807, 2.05) is 36.4 Å². The molecule has 3 rings (SSSR count). The molecule has 0 atom stereocenters. The molecule has 0 spiro atoms. The summed E-state index contributed by atoms with van der Waals surface area (Å²) < 4.78 is 18.9. The number of hydrogen-bond acceptors (Lipinski definition) is 8. The Balaban J connectivity index is 0.000000589. The van der Waals surface area contributed by atoms with Crippen LogP contribution >= 0.6 is 0 Å². The summed E-state index contributed by atoms with van der Waals surface area (Å²) >= 11 is 0. The van der Waals surface area contributed by atoms with Crippen molar-refractivity contribution in [2.75, 3.05) is 28.4 Å². The molecule has 0 saturated heterocycles. The minimum atomic E-state index is -0.663. The van der Waals surface area contributed by atoms with Crippen LogP contribution in [0.5, 0.6) is 0 Å². The molecule has 0 unspecified atom stereocenters. The zero-order valence-electron chi connectivity index (χ0n) is 19.2. The number of rotatable bonds is 5. The zero-order valence-corrected chi connectivity index (χ0v) is 19.2. The average Bonchev–Trinajstić information content (AvgIpc) is 2.91. The summed E-state index contributed by atoms with van der Waals surface area (Å²) in [6, 6.07) is 20.5. The lowest BCUT2D eigenvalue weighted by molar-refractivity contribution is 0.0581. The Bertz CT molecular complexity index is 996. The highest BCUT2D eigenvalue weighted by atomic mass is 16.5. The van der Waals surface area contributed by atoms with Crippen LogP contribution in [-0.2, 0) is 18.9 Å². The van der Waals surface area contributed by atoms with Gasteiger partial charge in [0.25, 0.3) is 0 Å². The van der Waals surface area contributed by atoms with E-state index in [1.54, 1.807) is 0 Å². The molecular formula is C26H24O8. The second-order valence-electron chi connectivity index (χ2n) is 6.72. The fraction of sp³-hybridized carbons (Fsp3) is 0.154. The first-order valence-corrected chi connectivity index (χ1v) is 9.98. The van der Waals surface area contributed by atoms with E-state index in [0.717, 1.165) is 0 Å². The highest BCUT2D eigenvalue weighted by Crippen LogP contribution is 2.27. The fourth-order valence-corrected chi connectivity index (χ4v) is 2.92. The van der Waals surface area contributed by atoms with Gasteiger partial charge in [0.15, 0.2) is 0 Å². The van der Waals surface area contributed by atoms with Gasteiger partial charge in [0.2, 0.25) is 0 Å². The average molecular weight is 464 g/mol. The minimum absolute atomic E-state index is 0.100. The minimum Gasteiger partial charge on any atom is -0.465 e. The predicted octanol–water partition coefficient (Wildman–Crippen LogP) is 4.19. The Morgan fingerprint density at radius 2 is 0.618 bits per heavy atom. The van der Waals surface area contributed by atoms with Crippen LogP contribution in [0.25, 0.3) is 11.1 Å². The molecule has 3 aromatic rings. The summed E-state index contributed by atoms with van der Waals surface area (Å²) in [6.45, 7) is 0. The number of carbonyl (C=O) groups is 4. The third-order valence-electron chi connectivity index (χ3n) is 4.55. The molecule has 0 heterocycles. The second-order valence-corrected chi connectivity index (χ2v) is 6.72. The van der Waals surface area contributed by atoms with Crippen LogP contribution in [0.2, 0.25) is 0 Å². The monoisotopic (exact) mass is 464 g/mol. The summed E-state index contributed by atoms with van der Waals surface area (Å²) in [5.74, 6) is -2.65. The summed E-state index contributed by atoms with van der Waals surface area (Å²) in [7, 11) is 4.83. The van der Waals surface area contributed by atoms with Gasteiger partial charge < -0.3 is 18.9 Å². The highest BCUT2D eigenvalue weighted by molar-refractivity contribution is 6.00. The molecule has 176 valence electrons. The van der Waals surface area contributed by atoms with Crippen LogP contribution in [0.1, 0.15) is 41.4 Å². The van der Waals surface area contributed by atoms with Gasteiger partial charge in [-0.3, -0.25) is 0 Å². The Kier molecular flexibility index (Phi) is 9.52. The molecule has 8 heteroatoms. The van der Waals surface area contributed by atoms with Gasteiger partial charge in [0.1, 0.15) is 0 Å². The maximum Gasteiger partial charge on any atom is 0.337 e. The summed E-state index contributed by atoms with van der Waals surface area (Å²) in [5.41, 5.74) is 1.18. The molecular weight excluding hydrogens is 440 g/mol. The van der Waals surface area contributed by atoms with Crippen molar-refractivity contribution in [1.82, 2.24) is 0 Å². The van der Waals surface area contributed by atoms with Gasteiger partial charge in [-0.15, -0.1) is 0 Å². The lowest BCUT2D eigenvalue weighted by Crippen LogP contribution is -2.09. The lowest BCUT2D eigenvalue weighted by atomic mass is 9.96. The van der Waals surface area contributed by atoms with Crippen LogP contribution in [0.3, 0.4) is 0 Å². The van der Waals surface area contributed by atoms with Crippen LogP contribution < -0.4 is 0 Å². The van der Waals surface area contributed by atoms with E-state index in [2.05, 4.69) is 0 Å². The van der Waals surface area contributed by atoms with Gasteiger partial charge in [-0.1, -0.05) is 36.4 Å². The first-order valence-electron chi connectivity index (χ1n) is 9.98. The predicted molar refractivity (Wildman–Crippen MR) is 124 cm³/mol. The maximum atomic E-state index is 12.0. The number of ether oxygens (including phenoxy) is 4. The third-order valence-corrected chi connectivity index (χ3v) is 4.55. The van der Waals surface area contributed by atoms with E-state index in [1.165, 1.54) is 64.8 Å². The van der Waals surface area contributed by atoms with Crippen LogP contribution in [0, 0.1) is 0 Å². The normalized spacial score (nSPS) is 9.65. The highest BCUT2D eigenvalue weighted by Gasteiger charge is 2.18. The Morgan fingerprint density at radius 3 is 0.794 bits per heavy atom. The van der Waals surface area contributed by atoms with E-state index in [4.69, 9.17) is 18.9 Å². The van der Waals surface area contributed by atoms with Crippen LogP contribution in [-0.4, -0.2) is 52.3 Å². The van der Waals surface area contributed by atoms with Crippen molar-refractivity contribution in [3.63, 3.8) is 0 Å². The van der Waals surface area contributed by atoms with Crippen LogP contribution in [0.4, 0.5) is 0 Å². The van der Waals surface area contributed by atoms with Crippen molar-refractivity contribution in [3.05, 3.63) is 95.1 Å². The number of esters is 4. The third kappa shape index (κ3) is 6.77.